The molecule has 3 rings (SSSR count). The van der Waals surface area contributed by atoms with Crippen molar-refractivity contribution in [2.45, 2.75) is 64.7 Å². The Morgan fingerprint density at radius 2 is 1.81 bits per heavy atom. The summed E-state index contributed by atoms with van der Waals surface area (Å²) in [5.41, 5.74) is 2.82. The number of piperidine rings is 1. The molecule has 2 aliphatic heterocycles. The minimum absolute atomic E-state index is 0.296. The van der Waals surface area contributed by atoms with E-state index in [0.29, 0.717) is 24.7 Å². The lowest BCUT2D eigenvalue weighted by Crippen LogP contribution is -2.58. The summed E-state index contributed by atoms with van der Waals surface area (Å²) in [4.78, 5) is 7.91. The lowest BCUT2D eigenvalue weighted by Gasteiger charge is -2.48. The number of rotatable bonds is 6. The van der Waals surface area contributed by atoms with Crippen LogP contribution in [0.15, 0.2) is 24.3 Å². The Kier molecular flexibility index (Phi) is 7.10. The summed E-state index contributed by atoms with van der Waals surface area (Å²) in [5, 5.41) is 9.62. The maximum absolute atomic E-state index is 9.62. The highest BCUT2D eigenvalue weighted by Crippen LogP contribution is 2.25. The normalized spacial score (nSPS) is 24.4. The van der Waals surface area contributed by atoms with E-state index in [1.54, 1.807) is 0 Å². The van der Waals surface area contributed by atoms with Crippen LogP contribution in [0.3, 0.4) is 0 Å². The van der Waals surface area contributed by atoms with E-state index >= 15 is 0 Å². The number of aryl methyl sites for hydroxylation is 1. The van der Waals surface area contributed by atoms with Crippen LogP contribution in [-0.2, 0) is 6.54 Å². The van der Waals surface area contributed by atoms with Crippen LogP contribution in [0.1, 0.15) is 44.2 Å². The van der Waals surface area contributed by atoms with Gasteiger partial charge in [0.05, 0.1) is 0 Å². The zero-order chi connectivity index (χ0) is 18.5. The monoisotopic (exact) mass is 359 g/mol. The van der Waals surface area contributed by atoms with Crippen molar-refractivity contribution >= 4 is 0 Å². The fourth-order valence-electron chi connectivity index (χ4n) is 4.73. The van der Waals surface area contributed by atoms with Gasteiger partial charge in [-0.05, 0) is 64.3 Å². The molecule has 2 saturated heterocycles. The van der Waals surface area contributed by atoms with E-state index in [4.69, 9.17) is 0 Å². The minimum Gasteiger partial charge on any atom is -0.396 e. The summed E-state index contributed by atoms with van der Waals surface area (Å²) in [6.45, 7) is 14.0. The molecule has 0 aromatic heterocycles. The first-order valence-corrected chi connectivity index (χ1v) is 10.5. The van der Waals surface area contributed by atoms with Crippen molar-refractivity contribution in [1.82, 2.24) is 14.7 Å². The van der Waals surface area contributed by atoms with Crippen LogP contribution < -0.4 is 0 Å². The van der Waals surface area contributed by atoms with Crippen molar-refractivity contribution in [3.8, 4) is 0 Å². The number of hydrogen-bond donors (Lipinski definition) is 1. The van der Waals surface area contributed by atoms with Gasteiger partial charge in [0.25, 0.3) is 0 Å². The van der Waals surface area contributed by atoms with Gasteiger partial charge in [-0.3, -0.25) is 9.80 Å². The van der Waals surface area contributed by atoms with Crippen LogP contribution >= 0.6 is 0 Å². The zero-order valence-electron chi connectivity index (χ0n) is 16.9. The maximum atomic E-state index is 9.62. The molecule has 1 N–H and O–H groups in total. The van der Waals surface area contributed by atoms with E-state index < -0.39 is 0 Å². The Morgan fingerprint density at radius 1 is 1.08 bits per heavy atom. The van der Waals surface area contributed by atoms with Crippen molar-refractivity contribution in [2.24, 2.45) is 0 Å². The number of hydrogen-bond acceptors (Lipinski definition) is 4. The molecule has 1 atom stereocenters. The number of benzene rings is 1. The van der Waals surface area contributed by atoms with Gasteiger partial charge >= 0.3 is 0 Å². The highest BCUT2D eigenvalue weighted by molar-refractivity contribution is 5.25. The van der Waals surface area contributed by atoms with Crippen molar-refractivity contribution in [1.29, 1.82) is 0 Å². The molecule has 2 aliphatic rings. The average Bonchev–Trinajstić information content (AvgIpc) is 2.64. The molecule has 146 valence electrons. The molecule has 2 fully saturated rings. The lowest BCUT2D eigenvalue weighted by atomic mass is 9.97. The predicted octanol–water partition coefficient (Wildman–Crippen LogP) is 2.74. The Hall–Kier alpha value is -0.940. The Labute approximate surface area is 159 Å². The van der Waals surface area contributed by atoms with Gasteiger partial charge in [0.15, 0.2) is 0 Å². The van der Waals surface area contributed by atoms with Crippen molar-refractivity contribution in [3.05, 3.63) is 35.4 Å². The highest BCUT2D eigenvalue weighted by atomic mass is 16.3. The van der Waals surface area contributed by atoms with E-state index in [9.17, 15) is 5.11 Å². The van der Waals surface area contributed by atoms with Gasteiger partial charge < -0.3 is 10.0 Å². The third kappa shape index (κ3) is 4.86. The largest absolute Gasteiger partial charge is 0.396 e. The predicted molar refractivity (Wildman–Crippen MR) is 108 cm³/mol. The molecule has 1 aromatic rings. The Balaban J connectivity index is 1.59. The number of aliphatic hydroxyl groups is 1. The van der Waals surface area contributed by atoms with Crippen molar-refractivity contribution < 1.29 is 5.11 Å². The molecule has 0 amide bonds. The quantitative estimate of drug-likeness (QED) is 0.846. The first-order chi connectivity index (χ1) is 12.6. The van der Waals surface area contributed by atoms with Crippen LogP contribution in [-0.4, -0.2) is 77.3 Å². The molecule has 1 aromatic carbocycles. The Bertz CT molecular complexity index is 554. The molecule has 4 nitrogen and oxygen atoms in total. The van der Waals surface area contributed by atoms with Crippen LogP contribution in [0.25, 0.3) is 0 Å². The fraction of sp³-hybridized carbons (Fsp3) is 0.727. The molecule has 0 bridgehead atoms. The number of aliphatic hydroxyl groups excluding tert-OH is 1. The first-order valence-electron chi connectivity index (χ1n) is 10.5. The van der Waals surface area contributed by atoms with Crippen LogP contribution in [0.5, 0.6) is 0 Å². The van der Waals surface area contributed by atoms with E-state index in [1.165, 1.54) is 37.1 Å². The van der Waals surface area contributed by atoms with Crippen molar-refractivity contribution in [3.63, 3.8) is 0 Å². The third-order valence-electron chi connectivity index (χ3n) is 6.43. The summed E-state index contributed by atoms with van der Waals surface area (Å²) >= 11 is 0. The summed E-state index contributed by atoms with van der Waals surface area (Å²) in [6.07, 6.45) is 3.45. The van der Waals surface area contributed by atoms with Gasteiger partial charge in [-0.1, -0.05) is 24.3 Å². The topological polar surface area (TPSA) is 30.0 Å². The van der Waals surface area contributed by atoms with E-state index in [2.05, 4.69) is 59.7 Å². The molecular weight excluding hydrogens is 322 g/mol. The Morgan fingerprint density at radius 3 is 2.46 bits per heavy atom. The molecule has 2 heterocycles. The summed E-state index contributed by atoms with van der Waals surface area (Å²) in [6, 6.07) is 10.6. The second kappa shape index (κ2) is 9.32. The summed E-state index contributed by atoms with van der Waals surface area (Å²) < 4.78 is 0. The summed E-state index contributed by atoms with van der Waals surface area (Å²) in [7, 11) is 0. The molecule has 26 heavy (non-hydrogen) atoms. The third-order valence-corrected chi connectivity index (χ3v) is 6.43. The average molecular weight is 360 g/mol. The number of nitrogens with zero attached hydrogens (tertiary/aromatic N) is 3. The molecule has 4 heteroatoms. The molecule has 0 aliphatic carbocycles. The van der Waals surface area contributed by atoms with E-state index in [-0.39, 0.29) is 0 Å². The SMILES string of the molecule is Cc1ccccc1CN1CCN(C2CCN(C(C)C)CC2)C(CCO)C1. The summed E-state index contributed by atoms with van der Waals surface area (Å²) in [5.74, 6) is 0. The van der Waals surface area contributed by atoms with Gasteiger partial charge in [-0.2, -0.15) is 0 Å². The van der Waals surface area contributed by atoms with Crippen LogP contribution in [0.4, 0.5) is 0 Å². The van der Waals surface area contributed by atoms with Crippen LogP contribution in [0.2, 0.25) is 0 Å². The minimum atomic E-state index is 0.296. The second-order valence-electron chi connectivity index (χ2n) is 8.43. The molecule has 0 radical (unpaired) electrons. The van der Waals surface area contributed by atoms with Gasteiger partial charge in [0.1, 0.15) is 0 Å². The lowest BCUT2D eigenvalue weighted by molar-refractivity contribution is -0.0000759. The van der Waals surface area contributed by atoms with Crippen LogP contribution in [0, 0.1) is 6.92 Å². The molecule has 1 unspecified atom stereocenters. The molecule has 0 spiro atoms. The molecule has 0 saturated carbocycles. The molecular formula is C22H37N3O. The van der Waals surface area contributed by atoms with Crippen molar-refractivity contribution in [2.75, 3.05) is 39.3 Å². The van der Waals surface area contributed by atoms with E-state index in [0.717, 1.165) is 32.6 Å². The number of likely N-dealkylation sites (tertiary alicyclic amines) is 1. The zero-order valence-corrected chi connectivity index (χ0v) is 16.9. The van der Waals surface area contributed by atoms with Gasteiger partial charge in [-0.25, -0.2) is 0 Å². The standard InChI is InChI=1S/C22H37N3O/c1-18(2)24-11-8-21(9-12-24)25-14-13-23(17-22(25)10-15-26)16-20-7-5-4-6-19(20)3/h4-7,18,21-22,26H,8-17H2,1-3H3. The van der Waals surface area contributed by atoms with Gasteiger partial charge in [-0.15, -0.1) is 0 Å². The highest BCUT2D eigenvalue weighted by Gasteiger charge is 2.33. The number of piperazine rings is 1. The smallest absolute Gasteiger partial charge is 0.0446 e. The van der Waals surface area contributed by atoms with Gasteiger partial charge in [0, 0.05) is 50.9 Å². The van der Waals surface area contributed by atoms with Gasteiger partial charge in [0.2, 0.25) is 0 Å². The fourth-order valence-corrected chi connectivity index (χ4v) is 4.73. The first kappa shape index (κ1) is 19.8. The second-order valence-corrected chi connectivity index (χ2v) is 8.43. The maximum Gasteiger partial charge on any atom is 0.0446 e. The van der Waals surface area contributed by atoms with E-state index in [1.807, 2.05) is 0 Å².